The molecule has 16 heavy (non-hydrogen) atoms. The number of methoxy groups -OCH3 is 1. The summed E-state index contributed by atoms with van der Waals surface area (Å²) in [5, 5.41) is 12.7. The largest absolute Gasteiger partial charge is 0.463 e. The second-order valence-corrected chi connectivity index (χ2v) is 3.11. The van der Waals surface area contributed by atoms with Crippen LogP contribution in [0.1, 0.15) is 16.2 Å². The highest BCUT2D eigenvalue weighted by Gasteiger charge is 2.13. The monoisotopic (exact) mass is 222 g/mol. The van der Waals surface area contributed by atoms with Crippen LogP contribution >= 0.6 is 0 Å². The van der Waals surface area contributed by atoms with Gasteiger partial charge in [0.2, 0.25) is 0 Å². The van der Waals surface area contributed by atoms with Gasteiger partial charge in [-0.15, -0.1) is 5.10 Å². The Morgan fingerprint density at radius 2 is 2.44 bits per heavy atom. The van der Waals surface area contributed by atoms with Gasteiger partial charge < -0.3 is 9.84 Å². The Morgan fingerprint density at radius 3 is 3.12 bits per heavy atom. The fourth-order valence-corrected chi connectivity index (χ4v) is 1.26. The Kier molecular flexibility index (Phi) is 2.78. The molecule has 0 atom stereocenters. The van der Waals surface area contributed by atoms with Crippen LogP contribution in [0.2, 0.25) is 0 Å². The topological polar surface area (TPSA) is 89.6 Å². The molecule has 0 saturated carbocycles. The van der Waals surface area contributed by atoms with E-state index in [1.54, 1.807) is 12.4 Å². The normalized spacial score (nSPS) is 10.6. The second-order valence-electron chi connectivity index (χ2n) is 3.11. The molecule has 0 aliphatic rings. The molecule has 2 aromatic rings. The van der Waals surface area contributed by atoms with Gasteiger partial charge in [0.15, 0.2) is 0 Å². The van der Waals surface area contributed by atoms with Gasteiger partial charge in [-0.3, -0.25) is 0 Å². The number of aromatic nitrogens is 4. The van der Waals surface area contributed by atoms with Crippen LogP contribution in [-0.4, -0.2) is 44.4 Å². The molecule has 7 nitrogen and oxygen atoms in total. The fraction of sp³-hybridized carbons (Fsp3) is 0.333. The van der Waals surface area contributed by atoms with Gasteiger partial charge in [0.1, 0.15) is 0 Å². The van der Waals surface area contributed by atoms with Gasteiger partial charge in [0.25, 0.3) is 11.6 Å². The smallest absolute Gasteiger partial charge is 0.378 e. The zero-order valence-corrected chi connectivity index (χ0v) is 8.62. The summed E-state index contributed by atoms with van der Waals surface area (Å²) < 4.78 is 5.88. The Hall–Kier alpha value is -2.02. The number of esters is 1. The third-order valence-corrected chi connectivity index (χ3v) is 2.02. The molecule has 0 fully saturated rings. The van der Waals surface area contributed by atoms with Crippen LogP contribution < -0.4 is 0 Å². The minimum Gasteiger partial charge on any atom is -0.463 e. The summed E-state index contributed by atoms with van der Waals surface area (Å²) in [5.74, 6) is -0.313. The molecule has 0 aliphatic carbocycles. The van der Waals surface area contributed by atoms with Crippen LogP contribution in [0.5, 0.6) is 0 Å². The van der Waals surface area contributed by atoms with E-state index in [9.17, 15) is 4.79 Å². The summed E-state index contributed by atoms with van der Waals surface area (Å²) in [6.07, 6.45) is 3.73. The summed E-state index contributed by atoms with van der Waals surface area (Å²) in [6.45, 7) is 0.0335. The van der Waals surface area contributed by atoms with E-state index in [0.717, 1.165) is 5.56 Å². The Morgan fingerprint density at radius 1 is 1.62 bits per heavy atom. The van der Waals surface area contributed by atoms with E-state index < -0.39 is 5.97 Å². The summed E-state index contributed by atoms with van der Waals surface area (Å²) in [6, 6.07) is 0. The van der Waals surface area contributed by atoms with Gasteiger partial charge in [-0.2, -0.15) is 4.98 Å². The number of hydrogen-bond donors (Lipinski definition) is 1. The fourth-order valence-electron chi connectivity index (χ4n) is 1.26. The van der Waals surface area contributed by atoms with Crippen molar-refractivity contribution in [3.05, 3.63) is 23.8 Å². The van der Waals surface area contributed by atoms with Gasteiger partial charge in [-0.25, -0.2) is 14.3 Å². The third kappa shape index (κ3) is 1.84. The molecular weight excluding hydrogens is 212 g/mol. The average Bonchev–Trinajstić information content (AvgIpc) is 2.71. The van der Waals surface area contributed by atoms with Crippen LogP contribution in [0.25, 0.3) is 5.78 Å². The summed E-state index contributed by atoms with van der Waals surface area (Å²) >= 11 is 0. The zero-order valence-electron chi connectivity index (χ0n) is 8.62. The molecule has 0 unspecified atom stereocenters. The van der Waals surface area contributed by atoms with Gasteiger partial charge >= 0.3 is 5.97 Å². The first-order valence-electron chi connectivity index (χ1n) is 4.65. The highest BCUT2D eigenvalue weighted by atomic mass is 16.5. The van der Waals surface area contributed by atoms with Gasteiger partial charge in [0.05, 0.1) is 7.11 Å². The maximum Gasteiger partial charge on any atom is 0.378 e. The van der Waals surface area contributed by atoms with Crippen LogP contribution in [0.15, 0.2) is 12.4 Å². The van der Waals surface area contributed by atoms with Crippen LogP contribution in [0.4, 0.5) is 0 Å². The minimum absolute atomic E-state index is 0.0313. The molecule has 84 valence electrons. The first-order valence-corrected chi connectivity index (χ1v) is 4.65. The lowest BCUT2D eigenvalue weighted by molar-refractivity contribution is 0.0587. The number of hydrogen-bond acceptors (Lipinski definition) is 6. The molecular formula is C9H10N4O3. The maximum atomic E-state index is 11.2. The standard InChI is InChI=1S/C9H10N4O3/c1-16-8(15)7-11-9-10-4-6(2-3-14)5-13(9)12-7/h4-5,14H,2-3H2,1H3. The molecule has 0 amide bonds. The molecule has 0 bridgehead atoms. The third-order valence-electron chi connectivity index (χ3n) is 2.02. The second kappa shape index (κ2) is 4.23. The number of ether oxygens (including phenoxy) is 1. The number of fused-ring (bicyclic) bond motifs is 1. The van der Waals surface area contributed by atoms with Crippen molar-refractivity contribution in [1.82, 2.24) is 19.6 Å². The number of aliphatic hydroxyl groups is 1. The predicted molar refractivity (Wildman–Crippen MR) is 52.9 cm³/mol. The van der Waals surface area contributed by atoms with Crippen molar-refractivity contribution in [3.8, 4) is 0 Å². The predicted octanol–water partition coefficient (Wildman–Crippen LogP) is -0.554. The van der Waals surface area contributed by atoms with Crippen molar-refractivity contribution in [3.63, 3.8) is 0 Å². The van der Waals surface area contributed by atoms with Gasteiger partial charge in [-0.05, 0) is 12.0 Å². The molecule has 0 aliphatic heterocycles. The number of carbonyl (C=O) groups is 1. The van der Waals surface area contributed by atoms with E-state index >= 15 is 0 Å². The highest BCUT2D eigenvalue weighted by Crippen LogP contribution is 2.03. The zero-order chi connectivity index (χ0) is 11.5. The molecule has 2 rings (SSSR count). The lowest BCUT2D eigenvalue weighted by atomic mass is 10.3. The molecule has 2 aromatic heterocycles. The number of carbonyl (C=O) groups excluding carboxylic acids is 1. The summed E-state index contributed by atoms with van der Waals surface area (Å²) in [5.41, 5.74) is 0.816. The molecule has 0 spiro atoms. The lowest BCUT2D eigenvalue weighted by Crippen LogP contribution is -2.03. The van der Waals surface area contributed by atoms with Crippen LogP contribution in [0.3, 0.4) is 0 Å². The van der Waals surface area contributed by atoms with E-state index in [4.69, 9.17) is 5.11 Å². The van der Waals surface area contributed by atoms with Crippen molar-refractivity contribution >= 4 is 11.7 Å². The molecule has 7 heteroatoms. The molecule has 2 heterocycles. The minimum atomic E-state index is -0.603. The maximum absolute atomic E-state index is 11.2. The SMILES string of the molecule is COC(=O)c1nc2ncc(CCO)cn2n1. The van der Waals surface area contributed by atoms with E-state index in [1.165, 1.54) is 11.6 Å². The van der Waals surface area contributed by atoms with Crippen LogP contribution in [0, 0.1) is 0 Å². The van der Waals surface area contributed by atoms with E-state index in [2.05, 4.69) is 19.8 Å². The van der Waals surface area contributed by atoms with E-state index in [1.807, 2.05) is 0 Å². The van der Waals surface area contributed by atoms with Crippen molar-refractivity contribution in [2.75, 3.05) is 13.7 Å². The van der Waals surface area contributed by atoms with E-state index in [-0.39, 0.29) is 12.4 Å². The first kappa shape index (κ1) is 10.5. The Labute approximate surface area is 90.7 Å². The molecule has 0 aromatic carbocycles. The van der Waals surface area contributed by atoms with Gasteiger partial charge in [-0.1, -0.05) is 0 Å². The van der Waals surface area contributed by atoms with Crippen molar-refractivity contribution < 1.29 is 14.6 Å². The van der Waals surface area contributed by atoms with Crippen molar-refractivity contribution in [2.45, 2.75) is 6.42 Å². The number of aliphatic hydroxyl groups excluding tert-OH is 1. The van der Waals surface area contributed by atoms with E-state index in [0.29, 0.717) is 12.2 Å². The van der Waals surface area contributed by atoms with Gasteiger partial charge in [0, 0.05) is 19.0 Å². The Balaban J connectivity index is 2.41. The van der Waals surface area contributed by atoms with Crippen LogP contribution in [-0.2, 0) is 11.2 Å². The summed E-state index contributed by atoms with van der Waals surface area (Å²) in [7, 11) is 1.26. The first-order chi connectivity index (χ1) is 7.74. The highest BCUT2D eigenvalue weighted by molar-refractivity contribution is 5.85. The molecule has 1 N–H and O–H groups in total. The quantitative estimate of drug-likeness (QED) is 0.700. The molecule has 0 radical (unpaired) electrons. The van der Waals surface area contributed by atoms with Crippen molar-refractivity contribution in [2.24, 2.45) is 0 Å². The average molecular weight is 222 g/mol. The summed E-state index contributed by atoms with van der Waals surface area (Å²) in [4.78, 5) is 19.1. The lowest BCUT2D eigenvalue weighted by Gasteiger charge is -1.96. The number of nitrogens with zero attached hydrogens (tertiary/aromatic N) is 4. The van der Waals surface area contributed by atoms with Crippen molar-refractivity contribution in [1.29, 1.82) is 0 Å². The molecule has 0 saturated heterocycles. The number of rotatable bonds is 3. The Bertz CT molecular complexity index is 522.